The monoisotopic (exact) mass is 1590 g/mol. The Morgan fingerprint density at radius 3 is 1.35 bits per heavy atom. The fraction of sp³-hybridized carbons (Fsp3) is 0.595. The molecule has 0 bridgehead atoms. The molecule has 31 heteroatoms. The summed E-state index contributed by atoms with van der Waals surface area (Å²) in [5, 5.41) is 11.8. The van der Waals surface area contributed by atoms with Crippen LogP contribution in [0, 0.1) is 0 Å². The Bertz CT molecular complexity index is 4270. The van der Waals surface area contributed by atoms with E-state index in [0.29, 0.717) is 126 Å². The molecule has 12 heterocycles. The zero-order valence-electron chi connectivity index (χ0n) is 63.2. The van der Waals surface area contributed by atoms with Crippen molar-refractivity contribution < 1.29 is 66.1 Å². The van der Waals surface area contributed by atoms with E-state index in [1.54, 1.807) is 10.6 Å². The van der Waals surface area contributed by atoms with Gasteiger partial charge in [0.15, 0.2) is 51.9 Å². The van der Waals surface area contributed by atoms with Gasteiger partial charge in [0.25, 0.3) is 6.01 Å². The highest BCUT2D eigenvalue weighted by molar-refractivity contribution is 6.76. The average molecular weight is 1600 g/mol. The minimum atomic E-state index is -1.98. The van der Waals surface area contributed by atoms with Crippen molar-refractivity contribution >= 4 is 113 Å². The molecule has 572 valence electrons. The quantitative estimate of drug-likeness (QED) is 0.0324. The van der Waals surface area contributed by atoms with Crippen LogP contribution in [0.15, 0.2) is 78.9 Å². The Labute approximate surface area is 639 Å². The van der Waals surface area contributed by atoms with E-state index in [-0.39, 0.29) is 102 Å². The van der Waals surface area contributed by atoms with Crippen LogP contribution in [0.25, 0.3) is 33.5 Å². The first-order chi connectivity index (χ1) is 49.5. The van der Waals surface area contributed by atoms with E-state index in [0.717, 1.165) is 34.6 Å². The van der Waals surface area contributed by atoms with Crippen molar-refractivity contribution in [2.75, 3.05) is 52.9 Å². The predicted octanol–water partition coefficient (Wildman–Crippen LogP) is 15.0. The number of H-pyrrole nitrogens is 1. The number of benzene rings is 2. The van der Waals surface area contributed by atoms with Gasteiger partial charge in [-0.15, -0.1) is 0 Å². The molecule has 0 radical (unpaired) electrons. The molecule has 105 heavy (non-hydrogen) atoms. The van der Waals surface area contributed by atoms with Crippen LogP contribution >= 0.6 is 46.4 Å². The Morgan fingerprint density at radius 1 is 0.476 bits per heavy atom. The number of aromatic nitrogens is 9. The number of hydrogen-bond acceptors (Lipinski definition) is 20. The molecule has 6 aromatic heterocycles. The zero-order chi connectivity index (χ0) is 75.1. The highest BCUT2D eigenvalue weighted by Gasteiger charge is 2.55. The third kappa shape index (κ3) is 19.2. The van der Waals surface area contributed by atoms with Gasteiger partial charge in [0.1, 0.15) is 72.4 Å². The smallest absolute Gasteiger partial charge is 0.301 e. The van der Waals surface area contributed by atoms with Crippen molar-refractivity contribution in [3.63, 3.8) is 0 Å². The molecular weight excluding hydrogens is 1490 g/mol. The van der Waals surface area contributed by atoms with Crippen molar-refractivity contribution in [2.45, 2.75) is 229 Å². The van der Waals surface area contributed by atoms with Gasteiger partial charge >= 0.3 is 12.0 Å². The van der Waals surface area contributed by atoms with Crippen molar-refractivity contribution in [1.29, 1.82) is 0 Å². The number of nitrogens with zero attached hydrogens (tertiary/aromatic N) is 8. The maximum atomic E-state index is 9.83. The number of pyridine rings is 3. The number of nitrogens with one attached hydrogen (secondary N) is 1. The number of rotatable bonds is 24. The molecular formula is C74H103Cl4N9O14Si4. The fourth-order valence-electron chi connectivity index (χ4n) is 12.7. The second-order valence-electron chi connectivity index (χ2n) is 33.5. The van der Waals surface area contributed by atoms with Crippen LogP contribution in [0.5, 0.6) is 18.0 Å². The summed E-state index contributed by atoms with van der Waals surface area (Å²) in [6.45, 7) is 40.7. The van der Waals surface area contributed by atoms with Crippen LogP contribution in [0.4, 0.5) is 0 Å². The number of aliphatic hydroxyl groups excluding tert-OH is 1. The van der Waals surface area contributed by atoms with Crippen molar-refractivity contribution in [3.8, 4) is 18.0 Å². The number of hydrogen-bond donors (Lipinski definition) is 2. The van der Waals surface area contributed by atoms with Gasteiger partial charge in [-0.25, -0.2) is 15.0 Å². The lowest BCUT2D eigenvalue weighted by Gasteiger charge is -2.39. The molecule has 0 amide bonds. The lowest BCUT2D eigenvalue weighted by atomic mass is 10.1. The highest BCUT2D eigenvalue weighted by Crippen LogP contribution is 2.44. The van der Waals surface area contributed by atoms with Crippen LogP contribution in [0.1, 0.15) is 64.1 Å². The van der Waals surface area contributed by atoms with E-state index in [2.05, 4.69) is 144 Å². The van der Waals surface area contributed by atoms with Crippen molar-refractivity contribution in [2.24, 2.45) is 0 Å². The van der Waals surface area contributed by atoms with Gasteiger partial charge in [-0.3, -0.25) is 9.13 Å². The van der Waals surface area contributed by atoms with E-state index in [4.69, 9.17) is 117 Å². The summed E-state index contributed by atoms with van der Waals surface area (Å²) in [6, 6.07) is 28.9. The molecule has 0 unspecified atom stereocenters. The summed E-state index contributed by atoms with van der Waals surface area (Å²) in [6.07, 6.45) is -1.98. The van der Waals surface area contributed by atoms with Gasteiger partial charge in [-0.2, -0.15) is 15.0 Å². The molecule has 2 aromatic carbocycles. The summed E-state index contributed by atoms with van der Waals surface area (Å²) in [5.41, 5.74) is 7.59. The molecule has 12 atom stereocenters. The van der Waals surface area contributed by atoms with Crippen molar-refractivity contribution in [1.82, 2.24) is 44.0 Å². The van der Waals surface area contributed by atoms with Gasteiger partial charge in [0.05, 0.1) is 83.8 Å². The third-order valence-corrected chi connectivity index (χ3v) is 34.6. The van der Waals surface area contributed by atoms with Gasteiger partial charge in [0.2, 0.25) is 0 Å². The van der Waals surface area contributed by atoms with E-state index in [1.807, 2.05) is 65.2 Å². The summed E-state index contributed by atoms with van der Waals surface area (Å²) in [5.74, 6) is 0. The Morgan fingerprint density at radius 2 is 0.876 bits per heavy atom. The number of ether oxygens (including phenoxy) is 11. The number of imidazole rings is 3. The largest absolute Gasteiger partial charge is 0.456 e. The second kappa shape index (κ2) is 32.7. The summed E-state index contributed by atoms with van der Waals surface area (Å²) >= 11 is 25.5. The van der Waals surface area contributed by atoms with Crippen LogP contribution < -0.4 is 14.2 Å². The number of fused-ring (bicyclic) bond motifs is 6. The summed E-state index contributed by atoms with van der Waals surface area (Å²) in [7, 11) is -6.41. The zero-order valence-corrected chi connectivity index (χ0v) is 70.2. The normalized spacial score (nSPS) is 24.8. The Kier molecular flexibility index (Phi) is 24.9. The number of aromatic amines is 1. The number of halogens is 4. The maximum absolute atomic E-state index is 9.83. The summed E-state index contributed by atoms with van der Waals surface area (Å²) in [4.78, 5) is 31.0. The van der Waals surface area contributed by atoms with Crippen LogP contribution in [0.2, 0.25) is 108 Å². The number of aliphatic hydroxyl groups is 1. The molecule has 8 aromatic rings. The summed E-state index contributed by atoms with van der Waals surface area (Å²) < 4.78 is 84.0. The van der Waals surface area contributed by atoms with E-state index >= 15 is 0 Å². The van der Waals surface area contributed by atoms with Gasteiger partial charge in [-0.05, 0) is 77.7 Å². The topological polar surface area (TPSA) is 243 Å². The molecule has 6 saturated heterocycles. The highest BCUT2D eigenvalue weighted by atomic mass is 35.5. The predicted molar refractivity (Wildman–Crippen MR) is 418 cm³/mol. The molecule has 6 aliphatic rings. The Balaban J connectivity index is 0.000000151. The molecule has 0 saturated carbocycles. The first kappa shape index (κ1) is 79.8. The first-order valence-corrected chi connectivity index (χ1v) is 51.1. The first-order valence-electron chi connectivity index (χ1n) is 36.3. The van der Waals surface area contributed by atoms with Crippen molar-refractivity contribution in [3.05, 3.63) is 122 Å². The second-order valence-corrected chi connectivity index (χ2v) is 55.9. The standard InChI is InChI=1S/C31H46ClN3O5Si2.C24H39Cl2N3O5Si2.C19H18ClN3O4/c1-31(2,3)42(7,8)40-26-19-38-27-25(18-37-28(26)27)39-30-34-24-17-22(32)23(16-21-12-10-9-11-13-21)33-29(24)35(30)20-36-14-15-41(4,5)6;1-24(2,3)36(7,8)34-18-13-32-19-17(12-31-20(18)19)33-23-27-16-11-15(25)21(26)28-22(16)29(23)14-30-9-10-35(4,5)6;20-11-7-13-18(21-12(11)6-10-4-2-1-3-5-10)23-19(22-13)27-15-9-26-16-14(24)8-25-17(15)16/h9-13,17,25-28H,14-16,18-20H2,1-8H3;11,17-20H,9-10,12-14H2,1-8H3;1-5,7,14-17,24H,6,8-9H2,(H,21,22,23)/t25-,26-,27-,28-;17-,18-,19-,20-;14-,15-,16-,17-/m111/s1. The minimum Gasteiger partial charge on any atom is -0.456 e. The maximum Gasteiger partial charge on any atom is 0.301 e. The molecule has 14 rings (SSSR count). The minimum absolute atomic E-state index is 0.103. The average Bonchev–Trinajstić information content (AvgIpc) is 1.67. The van der Waals surface area contributed by atoms with Crippen LogP contribution in [-0.2, 0) is 73.1 Å². The van der Waals surface area contributed by atoms with Gasteiger partial charge < -0.3 is 71.0 Å². The molecule has 0 spiro atoms. The van der Waals surface area contributed by atoms with Gasteiger partial charge in [0, 0.05) is 42.2 Å². The van der Waals surface area contributed by atoms with Crippen LogP contribution in [0.3, 0.4) is 0 Å². The van der Waals surface area contributed by atoms with Crippen LogP contribution in [-0.4, -0.2) is 208 Å². The molecule has 6 fully saturated rings. The molecule has 23 nitrogen and oxygen atoms in total. The Hall–Kier alpha value is -4.71. The van der Waals surface area contributed by atoms with E-state index in [1.165, 1.54) is 0 Å². The van der Waals surface area contributed by atoms with E-state index in [9.17, 15) is 5.11 Å². The molecule has 0 aliphatic carbocycles. The lowest BCUT2D eigenvalue weighted by molar-refractivity contribution is 0.00684. The van der Waals surface area contributed by atoms with E-state index < -0.39 is 38.9 Å². The SMILES string of the molecule is CC(C)(C)[Si](C)(C)O[C@@H]1CO[C@H]2[C@@H]1OC[C@H]2Oc1nc2cc(Cl)c(Cc3ccccc3)nc2n1COCC[Si](C)(C)C.CC(C)(C)[Si](C)(C)O[C@@H]1CO[C@H]2[C@@H]1OC[C@H]2Oc1nc2cc(Cl)c(Cl)nc2n1COCC[Si](C)(C)C.O[C@@H]1CO[C@H]2[C@@H]1OC[C@H]2Oc1nc2nc(Cc3ccccc3)c(Cl)cc2[nH]1. The fourth-order valence-corrected chi connectivity index (χ4v) is 17.5. The lowest BCUT2D eigenvalue weighted by Crippen LogP contribution is -2.47. The molecule has 2 N–H and O–H groups in total. The van der Waals surface area contributed by atoms with Gasteiger partial charge in [-0.1, -0.05) is 188 Å². The third-order valence-electron chi connectivity index (χ3n) is 20.8. The molecule has 6 aliphatic heterocycles.